The summed E-state index contributed by atoms with van der Waals surface area (Å²) < 4.78 is 0. The van der Waals surface area contributed by atoms with Crippen molar-refractivity contribution in [2.75, 3.05) is 6.54 Å². The van der Waals surface area contributed by atoms with E-state index in [1.54, 1.807) is 0 Å². The first-order chi connectivity index (χ1) is 7.31. The zero-order valence-corrected chi connectivity index (χ0v) is 8.53. The number of nitrogens with one attached hydrogen (secondary N) is 1. The third-order valence-corrected chi connectivity index (χ3v) is 3.36. The highest BCUT2D eigenvalue weighted by molar-refractivity contribution is 5.56. The van der Waals surface area contributed by atoms with Crippen molar-refractivity contribution in [2.45, 2.75) is 6.42 Å². The van der Waals surface area contributed by atoms with Crippen LogP contribution < -0.4 is 11.1 Å². The van der Waals surface area contributed by atoms with E-state index >= 15 is 0 Å². The summed E-state index contributed by atoms with van der Waals surface area (Å²) in [4.78, 5) is 0. The predicted octanol–water partition coefficient (Wildman–Crippen LogP) is 1.76. The summed E-state index contributed by atoms with van der Waals surface area (Å²) in [6.07, 6.45) is 16.0. The van der Waals surface area contributed by atoms with Crippen LogP contribution in [0.25, 0.3) is 0 Å². The van der Waals surface area contributed by atoms with Gasteiger partial charge >= 0.3 is 0 Å². The Morgan fingerprint density at radius 2 is 2.13 bits per heavy atom. The van der Waals surface area contributed by atoms with E-state index in [0.717, 1.165) is 18.7 Å². The summed E-state index contributed by atoms with van der Waals surface area (Å²) in [5.74, 6) is 0. The zero-order chi connectivity index (χ0) is 10.3. The van der Waals surface area contributed by atoms with Gasteiger partial charge in [-0.3, -0.25) is 0 Å². The highest BCUT2D eigenvalue weighted by atomic mass is 14.9. The molecule has 1 heterocycles. The largest absolute Gasteiger partial charge is 0.399 e. The van der Waals surface area contributed by atoms with Crippen molar-refractivity contribution in [2.24, 2.45) is 11.1 Å². The molecule has 0 bridgehead atoms. The van der Waals surface area contributed by atoms with E-state index in [4.69, 9.17) is 5.73 Å². The average Bonchev–Trinajstić information content (AvgIpc) is 2.26. The Balaban J connectivity index is 2.21. The SMILES string of the molecule is NC1=CC2=CNCCC23C=CC=CC3=C1. The van der Waals surface area contributed by atoms with Gasteiger partial charge in [-0.25, -0.2) is 0 Å². The standard InChI is InChI=1S/C13H14N2/c14-12-7-10-3-1-2-4-13(10)5-6-15-9-11(13)8-12/h1-4,7-9,15H,5-6,14H2. The maximum Gasteiger partial charge on any atom is 0.0417 e. The number of hydrogen-bond acceptors (Lipinski definition) is 2. The number of hydrogen-bond donors (Lipinski definition) is 2. The molecule has 0 aromatic rings. The fourth-order valence-corrected chi connectivity index (χ4v) is 2.59. The van der Waals surface area contributed by atoms with Crippen LogP contribution in [0.1, 0.15) is 6.42 Å². The van der Waals surface area contributed by atoms with Gasteiger partial charge < -0.3 is 11.1 Å². The van der Waals surface area contributed by atoms with Crippen molar-refractivity contribution >= 4 is 0 Å². The summed E-state index contributed by atoms with van der Waals surface area (Å²) in [5.41, 5.74) is 9.43. The second-order valence-electron chi connectivity index (χ2n) is 4.24. The minimum Gasteiger partial charge on any atom is -0.399 e. The Labute approximate surface area is 89.5 Å². The highest BCUT2D eigenvalue weighted by Crippen LogP contribution is 2.47. The second-order valence-corrected chi connectivity index (χ2v) is 4.24. The third-order valence-electron chi connectivity index (χ3n) is 3.36. The van der Waals surface area contributed by atoms with Gasteiger partial charge in [0.25, 0.3) is 0 Å². The summed E-state index contributed by atoms with van der Waals surface area (Å²) >= 11 is 0. The molecule has 3 N–H and O–H groups in total. The van der Waals surface area contributed by atoms with E-state index in [9.17, 15) is 0 Å². The maximum absolute atomic E-state index is 5.90. The molecule has 3 aliphatic rings. The highest BCUT2D eigenvalue weighted by Gasteiger charge is 2.37. The van der Waals surface area contributed by atoms with Crippen molar-refractivity contribution in [3.63, 3.8) is 0 Å². The van der Waals surface area contributed by atoms with Gasteiger partial charge in [-0.15, -0.1) is 0 Å². The average molecular weight is 198 g/mol. The molecule has 0 aromatic heterocycles. The van der Waals surface area contributed by atoms with Gasteiger partial charge in [0.05, 0.1) is 0 Å². The van der Waals surface area contributed by atoms with Crippen molar-refractivity contribution in [1.82, 2.24) is 5.32 Å². The first-order valence-electron chi connectivity index (χ1n) is 5.31. The lowest BCUT2D eigenvalue weighted by Gasteiger charge is -2.40. The van der Waals surface area contributed by atoms with Crippen LogP contribution in [0.2, 0.25) is 0 Å². The topological polar surface area (TPSA) is 38.0 Å². The molecule has 0 aromatic carbocycles. The fourth-order valence-electron chi connectivity index (χ4n) is 2.59. The monoisotopic (exact) mass is 198 g/mol. The molecular weight excluding hydrogens is 184 g/mol. The van der Waals surface area contributed by atoms with Gasteiger partial charge in [0.2, 0.25) is 0 Å². The third kappa shape index (κ3) is 1.11. The van der Waals surface area contributed by atoms with Gasteiger partial charge in [-0.05, 0) is 29.7 Å². The zero-order valence-electron chi connectivity index (χ0n) is 8.53. The van der Waals surface area contributed by atoms with E-state index in [1.165, 1.54) is 11.1 Å². The number of allylic oxidation sites excluding steroid dienone is 8. The smallest absolute Gasteiger partial charge is 0.0417 e. The molecule has 1 spiro atoms. The lowest BCUT2D eigenvalue weighted by atomic mass is 9.66. The van der Waals surface area contributed by atoms with Crippen LogP contribution >= 0.6 is 0 Å². The van der Waals surface area contributed by atoms with Crippen LogP contribution in [-0.2, 0) is 0 Å². The molecule has 15 heavy (non-hydrogen) atoms. The molecule has 0 fully saturated rings. The van der Waals surface area contributed by atoms with Crippen molar-refractivity contribution < 1.29 is 0 Å². The van der Waals surface area contributed by atoms with Crippen LogP contribution in [0.4, 0.5) is 0 Å². The Morgan fingerprint density at radius 1 is 1.20 bits per heavy atom. The van der Waals surface area contributed by atoms with E-state index in [-0.39, 0.29) is 5.41 Å². The van der Waals surface area contributed by atoms with Gasteiger partial charge in [-0.1, -0.05) is 24.3 Å². The molecule has 0 amide bonds. The van der Waals surface area contributed by atoms with Crippen molar-refractivity contribution in [1.29, 1.82) is 0 Å². The van der Waals surface area contributed by atoms with Crippen molar-refractivity contribution in [3.05, 3.63) is 59.5 Å². The molecule has 0 saturated heterocycles. The fraction of sp³-hybridized carbons (Fsp3) is 0.231. The van der Waals surface area contributed by atoms with E-state index in [2.05, 4.69) is 48.0 Å². The molecule has 0 radical (unpaired) electrons. The molecule has 0 saturated carbocycles. The summed E-state index contributed by atoms with van der Waals surface area (Å²) in [6, 6.07) is 0. The molecule has 2 nitrogen and oxygen atoms in total. The molecule has 1 atom stereocenters. The maximum atomic E-state index is 5.90. The van der Waals surface area contributed by atoms with Gasteiger partial charge in [0, 0.05) is 23.9 Å². The molecule has 2 aliphatic carbocycles. The van der Waals surface area contributed by atoms with Crippen LogP contribution in [-0.4, -0.2) is 6.54 Å². The Hall–Kier alpha value is -1.70. The quantitative estimate of drug-likeness (QED) is 0.622. The predicted molar refractivity (Wildman–Crippen MR) is 61.8 cm³/mol. The molecule has 2 heteroatoms. The van der Waals surface area contributed by atoms with Crippen LogP contribution in [0.5, 0.6) is 0 Å². The molecule has 3 rings (SSSR count). The lowest BCUT2D eigenvalue weighted by Crippen LogP contribution is -2.35. The summed E-state index contributed by atoms with van der Waals surface area (Å²) in [6.45, 7) is 1.02. The molecule has 1 unspecified atom stereocenters. The van der Waals surface area contributed by atoms with E-state index in [0.29, 0.717) is 0 Å². The van der Waals surface area contributed by atoms with Gasteiger partial charge in [-0.2, -0.15) is 0 Å². The second kappa shape index (κ2) is 2.89. The van der Waals surface area contributed by atoms with E-state index < -0.39 is 0 Å². The minimum atomic E-state index is 0.0862. The van der Waals surface area contributed by atoms with Crippen LogP contribution in [0, 0.1) is 5.41 Å². The lowest BCUT2D eigenvalue weighted by molar-refractivity contribution is 0.473. The van der Waals surface area contributed by atoms with Crippen LogP contribution in [0.15, 0.2) is 59.5 Å². The van der Waals surface area contributed by atoms with Gasteiger partial charge in [0.15, 0.2) is 0 Å². The minimum absolute atomic E-state index is 0.0862. The summed E-state index contributed by atoms with van der Waals surface area (Å²) in [5, 5.41) is 3.28. The number of rotatable bonds is 0. The Morgan fingerprint density at radius 3 is 3.07 bits per heavy atom. The first kappa shape index (κ1) is 8.60. The normalized spacial score (nSPS) is 31.9. The van der Waals surface area contributed by atoms with Gasteiger partial charge in [0.1, 0.15) is 0 Å². The molecule has 76 valence electrons. The Kier molecular flexibility index (Phi) is 1.66. The van der Waals surface area contributed by atoms with Crippen molar-refractivity contribution in [3.8, 4) is 0 Å². The number of nitrogens with two attached hydrogens (primary N) is 1. The molecule has 1 aliphatic heterocycles. The molecular formula is C13H14N2. The first-order valence-corrected chi connectivity index (χ1v) is 5.31. The summed E-state index contributed by atoms with van der Waals surface area (Å²) in [7, 11) is 0. The van der Waals surface area contributed by atoms with Crippen LogP contribution in [0.3, 0.4) is 0 Å². The van der Waals surface area contributed by atoms with E-state index in [1.807, 2.05) is 0 Å². The Bertz CT molecular complexity index is 449.